The van der Waals surface area contributed by atoms with E-state index in [1.165, 1.54) is 0 Å². The molecule has 0 bridgehead atoms. The molecule has 0 radical (unpaired) electrons. The monoisotopic (exact) mass is 342 g/mol. The second-order valence-corrected chi connectivity index (χ2v) is 6.33. The molecule has 0 aliphatic carbocycles. The lowest BCUT2D eigenvalue weighted by atomic mass is 10.1. The van der Waals surface area contributed by atoms with E-state index in [0.717, 1.165) is 29.8 Å². The maximum absolute atomic E-state index is 12.7. The number of carbonyl (C=O) groups is 1. The molecule has 1 aromatic heterocycles. The van der Waals surface area contributed by atoms with E-state index < -0.39 is 0 Å². The summed E-state index contributed by atoms with van der Waals surface area (Å²) in [5.41, 5.74) is 2.06. The number of nitriles is 1. The molecule has 128 valence electrons. The first-order chi connectivity index (χ1) is 12.7. The third-order valence-corrected chi connectivity index (χ3v) is 4.71. The van der Waals surface area contributed by atoms with Gasteiger partial charge in [0.25, 0.3) is 5.91 Å². The highest BCUT2D eigenvalue weighted by molar-refractivity contribution is 5.94. The average Bonchev–Trinajstić information content (AvgIpc) is 2.73. The fourth-order valence-corrected chi connectivity index (χ4v) is 3.27. The van der Waals surface area contributed by atoms with E-state index in [1.807, 2.05) is 29.2 Å². The Hall–Kier alpha value is -3.39. The zero-order chi connectivity index (χ0) is 17.9. The number of anilines is 1. The number of rotatable bonds is 2. The predicted molar refractivity (Wildman–Crippen MR) is 101 cm³/mol. The third kappa shape index (κ3) is 3.09. The SMILES string of the molecule is N#Cc1cccc(C(=O)N2CCN(c3ccc4ccccc4n3)CC2)c1. The maximum Gasteiger partial charge on any atom is 0.254 e. The zero-order valence-electron chi connectivity index (χ0n) is 14.3. The van der Waals surface area contributed by atoms with Crippen LogP contribution in [0.4, 0.5) is 5.82 Å². The number of piperazine rings is 1. The van der Waals surface area contributed by atoms with E-state index >= 15 is 0 Å². The van der Waals surface area contributed by atoms with E-state index in [0.29, 0.717) is 24.2 Å². The minimum Gasteiger partial charge on any atom is -0.353 e. The molecule has 1 aliphatic rings. The van der Waals surface area contributed by atoms with Gasteiger partial charge in [-0.3, -0.25) is 4.79 Å². The van der Waals surface area contributed by atoms with Crippen molar-refractivity contribution < 1.29 is 4.79 Å². The maximum atomic E-state index is 12.7. The topological polar surface area (TPSA) is 60.2 Å². The highest BCUT2D eigenvalue weighted by Gasteiger charge is 2.23. The second kappa shape index (κ2) is 6.85. The molecule has 1 saturated heterocycles. The minimum absolute atomic E-state index is 0.0202. The molecule has 5 nitrogen and oxygen atoms in total. The van der Waals surface area contributed by atoms with Gasteiger partial charge in [0, 0.05) is 37.1 Å². The van der Waals surface area contributed by atoms with Crippen LogP contribution in [-0.4, -0.2) is 42.0 Å². The highest BCUT2D eigenvalue weighted by Crippen LogP contribution is 2.20. The summed E-state index contributed by atoms with van der Waals surface area (Å²) in [6.45, 7) is 2.78. The number of benzene rings is 2. The summed E-state index contributed by atoms with van der Waals surface area (Å²) in [6, 6.07) is 21.1. The minimum atomic E-state index is -0.0202. The molecule has 1 fully saturated rings. The molecule has 26 heavy (non-hydrogen) atoms. The van der Waals surface area contributed by atoms with Crippen LogP contribution >= 0.6 is 0 Å². The van der Waals surface area contributed by atoms with Crippen molar-refractivity contribution in [3.05, 3.63) is 71.8 Å². The van der Waals surface area contributed by atoms with Crippen molar-refractivity contribution in [3.63, 3.8) is 0 Å². The Morgan fingerprint density at radius 2 is 1.77 bits per heavy atom. The summed E-state index contributed by atoms with van der Waals surface area (Å²) >= 11 is 0. The number of fused-ring (bicyclic) bond motifs is 1. The molecule has 5 heteroatoms. The van der Waals surface area contributed by atoms with E-state index in [1.54, 1.807) is 24.3 Å². The Balaban J connectivity index is 1.46. The first kappa shape index (κ1) is 16.1. The summed E-state index contributed by atoms with van der Waals surface area (Å²) in [5, 5.41) is 10.1. The van der Waals surface area contributed by atoms with E-state index in [-0.39, 0.29) is 5.91 Å². The lowest BCUT2D eigenvalue weighted by Gasteiger charge is -2.35. The Labute approximate surface area is 152 Å². The van der Waals surface area contributed by atoms with Gasteiger partial charge in [-0.25, -0.2) is 4.98 Å². The number of hydrogen-bond acceptors (Lipinski definition) is 4. The number of amides is 1. The van der Waals surface area contributed by atoms with Gasteiger partial charge in [-0.05, 0) is 36.4 Å². The number of pyridine rings is 1. The first-order valence-electron chi connectivity index (χ1n) is 8.65. The van der Waals surface area contributed by atoms with Crippen LogP contribution in [0.5, 0.6) is 0 Å². The van der Waals surface area contributed by atoms with Gasteiger partial charge in [-0.15, -0.1) is 0 Å². The van der Waals surface area contributed by atoms with Crippen molar-refractivity contribution in [3.8, 4) is 6.07 Å². The van der Waals surface area contributed by atoms with Gasteiger partial charge in [0.2, 0.25) is 0 Å². The lowest BCUT2D eigenvalue weighted by Crippen LogP contribution is -2.49. The van der Waals surface area contributed by atoms with Crippen molar-refractivity contribution in [1.29, 1.82) is 5.26 Å². The highest BCUT2D eigenvalue weighted by atomic mass is 16.2. The molecule has 0 atom stereocenters. The lowest BCUT2D eigenvalue weighted by molar-refractivity contribution is 0.0746. The number of aromatic nitrogens is 1. The normalized spacial score (nSPS) is 14.3. The molecule has 0 N–H and O–H groups in total. The smallest absolute Gasteiger partial charge is 0.254 e. The Kier molecular flexibility index (Phi) is 4.24. The second-order valence-electron chi connectivity index (χ2n) is 6.33. The molecule has 4 rings (SSSR count). The van der Waals surface area contributed by atoms with Crippen LogP contribution in [0, 0.1) is 11.3 Å². The molecule has 0 saturated carbocycles. The molecule has 3 aromatic rings. The summed E-state index contributed by atoms with van der Waals surface area (Å²) in [4.78, 5) is 21.5. The van der Waals surface area contributed by atoms with Crippen LogP contribution in [-0.2, 0) is 0 Å². The first-order valence-corrected chi connectivity index (χ1v) is 8.65. The van der Waals surface area contributed by atoms with Crippen LogP contribution in [0.15, 0.2) is 60.7 Å². The fourth-order valence-electron chi connectivity index (χ4n) is 3.27. The van der Waals surface area contributed by atoms with Gasteiger partial charge < -0.3 is 9.80 Å². The predicted octanol–water partition coefficient (Wildman–Crippen LogP) is 3.07. The van der Waals surface area contributed by atoms with Crippen LogP contribution < -0.4 is 4.90 Å². The number of nitrogens with zero attached hydrogens (tertiary/aromatic N) is 4. The van der Waals surface area contributed by atoms with Crippen LogP contribution in [0.2, 0.25) is 0 Å². The summed E-state index contributed by atoms with van der Waals surface area (Å²) in [6.07, 6.45) is 0. The average molecular weight is 342 g/mol. The Bertz CT molecular complexity index is 1000. The molecule has 0 unspecified atom stereocenters. The Morgan fingerprint density at radius 1 is 0.962 bits per heavy atom. The van der Waals surface area contributed by atoms with E-state index in [2.05, 4.69) is 23.1 Å². The molecule has 1 aliphatic heterocycles. The largest absolute Gasteiger partial charge is 0.353 e. The molecule has 2 heterocycles. The van der Waals surface area contributed by atoms with Gasteiger partial charge in [0.1, 0.15) is 5.82 Å². The van der Waals surface area contributed by atoms with Crippen molar-refractivity contribution in [2.45, 2.75) is 0 Å². The number of para-hydroxylation sites is 1. The van der Waals surface area contributed by atoms with Gasteiger partial charge >= 0.3 is 0 Å². The van der Waals surface area contributed by atoms with Crippen LogP contribution in [0.1, 0.15) is 15.9 Å². The molecule has 2 aromatic carbocycles. The van der Waals surface area contributed by atoms with Crippen molar-refractivity contribution in [2.75, 3.05) is 31.1 Å². The molecule has 1 amide bonds. The number of hydrogen-bond donors (Lipinski definition) is 0. The number of carbonyl (C=O) groups excluding carboxylic acids is 1. The summed E-state index contributed by atoms with van der Waals surface area (Å²) < 4.78 is 0. The van der Waals surface area contributed by atoms with Crippen molar-refractivity contribution >= 4 is 22.6 Å². The van der Waals surface area contributed by atoms with Gasteiger partial charge in [-0.1, -0.05) is 24.3 Å². The van der Waals surface area contributed by atoms with E-state index in [9.17, 15) is 4.79 Å². The van der Waals surface area contributed by atoms with Crippen LogP contribution in [0.3, 0.4) is 0 Å². The van der Waals surface area contributed by atoms with Gasteiger partial charge in [0.15, 0.2) is 0 Å². The van der Waals surface area contributed by atoms with Crippen molar-refractivity contribution in [2.24, 2.45) is 0 Å². The van der Waals surface area contributed by atoms with E-state index in [4.69, 9.17) is 10.2 Å². The Morgan fingerprint density at radius 3 is 2.58 bits per heavy atom. The zero-order valence-corrected chi connectivity index (χ0v) is 14.3. The standard InChI is InChI=1S/C21H18N4O/c22-15-16-4-3-6-18(14-16)21(26)25-12-10-24(11-13-25)20-9-8-17-5-1-2-7-19(17)23-20/h1-9,14H,10-13H2. The molecular weight excluding hydrogens is 324 g/mol. The van der Waals surface area contributed by atoms with Crippen molar-refractivity contribution in [1.82, 2.24) is 9.88 Å². The summed E-state index contributed by atoms with van der Waals surface area (Å²) in [5.74, 6) is 0.926. The molecule has 0 spiro atoms. The van der Waals surface area contributed by atoms with Gasteiger partial charge in [0.05, 0.1) is 17.1 Å². The molecular formula is C21H18N4O. The van der Waals surface area contributed by atoms with Crippen LogP contribution in [0.25, 0.3) is 10.9 Å². The quantitative estimate of drug-likeness (QED) is 0.718. The summed E-state index contributed by atoms with van der Waals surface area (Å²) in [7, 11) is 0. The van der Waals surface area contributed by atoms with Gasteiger partial charge in [-0.2, -0.15) is 5.26 Å². The fraction of sp³-hybridized carbons (Fsp3) is 0.190. The third-order valence-electron chi connectivity index (χ3n) is 4.71.